The van der Waals surface area contributed by atoms with Crippen molar-refractivity contribution in [1.82, 2.24) is 0 Å². The molecule has 0 aromatic heterocycles. The summed E-state index contributed by atoms with van der Waals surface area (Å²) in [4.78, 5) is 1.85. The molecule has 2 rings (SSSR count). The Hall–Kier alpha value is -1.23. The fourth-order valence-corrected chi connectivity index (χ4v) is 2.72. The Labute approximate surface area is 117 Å². The predicted octanol–water partition coefficient (Wildman–Crippen LogP) is 3.59. The highest BCUT2D eigenvalue weighted by molar-refractivity contribution is 5.56. The van der Waals surface area contributed by atoms with Gasteiger partial charge in [-0.05, 0) is 50.3 Å². The minimum Gasteiger partial charge on any atom is -0.371 e. The number of hydrogen-bond donors (Lipinski definition) is 1. The molecule has 0 saturated carbocycles. The van der Waals surface area contributed by atoms with E-state index < -0.39 is 11.7 Å². The van der Waals surface area contributed by atoms with Crippen molar-refractivity contribution in [2.45, 2.75) is 44.8 Å². The molecule has 0 bridgehead atoms. The SMILES string of the molecule is CC(N)Cc1ccc(N2CCCCC2)c(C(F)(F)F)c1. The van der Waals surface area contributed by atoms with E-state index >= 15 is 0 Å². The Morgan fingerprint density at radius 1 is 1.20 bits per heavy atom. The highest BCUT2D eigenvalue weighted by Crippen LogP contribution is 2.38. The normalized spacial score (nSPS) is 18.1. The van der Waals surface area contributed by atoms with Gasteiger partial charge >= 0.3 is 6.18 Å². The van der Waals surface area contributed by atoms with E-state index in [1.165, 1.54) is 6.07 Å². The number of anilines is 1. The van der Waals surface area contributed by atoms with Crippen LogP contribution in [0.5, 0.6) is 0 Å². The molecule has 1 aromatic rings. The van der Waals surface area contributed by atoms with Gasteiger partial charge in [0, 0.05) is 24.8 Å². The summed E-state index contributed by atoms with van der Waals surface area (Å²) >= 11 is 0. The molecule has 1 atom stereocenters. The number of benzene rings is 1. The third kappa shape index (κ3) is 3.66. The highest BCUT2D eigenvalue weighted by Gasteiger charge is 2.35. The third-order valence-electron chi connectivity index (χ3n) is 3.62. The molecule has 1 unspecified atom stereocenters. The lowest BCUT2D eigenvalue weighted by Crippen LogP contribution is -2.31. The number of halogens is 3. The van der Waals surface area contributed by atoms with Crippen LogP contribution >= 0.6 is 0 Å². The molecule has 20 heavy (non-hydrogen) atoms. The average molecular weight is 286 g/mol. The quantitative estimate of drug-likeness (QED) is 0.920. The van der Waals surface area contributed by atoms with Crippen LogP contribution in [0, 0.1) is 0 Å². The first kappa shape index (κ1) is 15.2. The Morgan fingerprint density at radius 3 is 2.40 bits per heavy atom. The molecule has 1 fully saturated rings. The minimum atomic E-state index is -4.32. The highest BCUT2D eigenvalue weighted by atomic mass is 19.4. The third-order valence-corrected chi connectivity index (χ3v) is 3.62. The lowest BCUT2D eigenvalue weighted by molar-refractivity contribution is -0.137. The second-order valence-corrected chi connectivity index (χ2v) is 5.58. The van der Waals surface area contributed by atoms with Crippen molar-refractivity contribution in [2.75, 3.05) is 18.0 Å². The Balaban J connectivity index is 2.34. The van der Waals surface area contributed by atoms with Gasteiger partial charge < -0.3 is 10.6 Å². The van der Waals surface area contributed by atoms with Crippen LogP contribution in [-0.2, 0) is 12.6 Å². The largest absolute Gasteiger partial charge is 0.418 e. The van der Waals surface area contributed by atoms with Crippen LogP contribution in [0.4, 0.5) is 18.9 Å². The number of alkyl halides is 3. The molecule has 1 aliphatic heterocycles. The maximum Gasteiger partial charge on any atom is 0.418 e. The van der Waals surface area contributed by atoms with Gasteiger partial charge in [-0.1, -0.05) is 6.07 Å². The molecule has 2 N–H and O–H groups in total. The van der Waals surface area contributed by atoms with E-state index in [0.717, 1.165) is 19.3 Å². The number of nitrogens with zero attached hydrogens (tertiary/aromatic N) is 1. The van der Waals surface area contributed by atoms with E-state index in [9.17, 15) is 13.2 Å². The van der Waals surface area contributed by atoms with Crippen molar-refractivity contribution in [3.63, 3.8) is 0 Å². The smallest absolute Gasteiger partial charge is 0.371 e. The summed E-state index contributed by atoms with van der Waals surface area (Å²) in [5, 5.41) is 0. The summed E-state index contributed by atoms with van der Waals surface area (Å²) in [6, 6.07) is 4.48. The van der Waals surface area contributed by atoms with Gasteiger partial charge in [0.1, 0.15) is 0 Å². The van der Waals surface area contributed by atoms with Crippen molar-refractivity contribution in [3.8, 4) is 0 Å². The van der Waals surface area contributed by atoms with Crippen LogP contribution in [0.2, 0.25) is 0 Å². The van der Waals surface area contributed by atoms with Crippen LogP contribution in [0.15, 0.2) is 18.2 Å². The summed E-state index contributed by atoms with van der Waals surface area (Å²) in [5.41, 5.74) is 6.10. The van der Waals surface area contributed by atoms with Gasteiger partial charge in [-0.25, -0.2) is 0 Å². The van der Waals surface area contributed by atoms with E-state index in [2.05, 4.69) is 0 Å². The van der Waals surface area contributed by atoms with Crippen LogP contribution in [-0.4, -0.2) is 19.1 Å². The van der Waals surface area contributed by atoms with E-state index in [-0.39, 0.29) is 6.04 Å². The first-order valence-corrected chi connectivity index (χ1v) is 7.08. The molecule has 5 heteroatoms. The standard InChI is InChI=1S/C15H21F3N2/c1-11(19)9-12-5-6-14(13(10-12)15(16,17)18)20-7-3-2-4-8-20/h5-6,10-11H,2-4,7-9,19H2,1H3. The zero-order chi connectivity index (χ0) is 14.8. The van der Waals surface area contributed by atoms with E-state index in [0.29, 0.717) is 30.8 Å². The molecule has 0 radical (unpaired) electrons. The molecular formula is C15H21F3N2. The van der Waals surface area contributed by atoms with Gasteiger partial charge in [-0.15, -0.1) is 0 Å². The van der Waals surface area contributed by atoms with Crippen molar-refractivity contribution in [3.05, 3.63) is 29.3 Å². The van der Waals surface area contributed by atoms with Gasteiger partial charge in [-0.2, -0.15) is 13.2 Å². The molecule has 0 amide bonds. The summed E-state index contributed by atoms with van der Waals surface area (Å²) in [5.74, 6) is 0. The van der Waals surface area contributed by atoms with Gasteiger partial charge in [0.15, 0.2) is 0 Å². The second-order valence-electron chi connectivity index (χ2n) is 5.58. The predicted molar refractivity (Wildman–Crippen MR) is 74.9 cm³/mol. The molecule has 0 spiro atoms. The Kier molecular flexibility index (Phi) is 4.58. The molecule has 112 valence electrons. The molecule has 0 aliphatic carbocycles. The average Bonchev–Trinajstić information content (AvgIpc) is 2.38. The summed E-state index contributed by atoms with van der Waals surface area (Å²) in [6.07, 6.45) is -0.845. The zero-order valence-corrected chi connectivity index (χ0v) is 11.7. The van der Waals surface area contributed by atoms with Crippen LogP contribution in [0.3, 0.4) is 0 Å². The van der Waals surface area contributed by atoms with E-state index in [4.69, 9.17) is 5.73 Å². The molecule has 2 nitrogen and oxygen atoms in total. The van der Waals surface area contributed by atoms with Gasteiger partial charge in [0.05, 0.1) is 5.56 Å². The van der Waals surface area contributed by atoms with Gasteiger partial charge in [0.2, 0.25) is 0 Å². The maximum absolute atomic E-state index is 13.3. The first-order valence-electron chi connectivity index (χ1n) is 7.08. The summed E-state index contributed by atoms with van der Waals surface area (Å²) < 4.78 is 39.8. The molecule has 1 heterocycles. The zero-order valence-electron chi connectivity index (χ0n) is 11.7. The van der Waals surface area contributed by atoms with Crippen LogP contribution in [0.1, 0.15) is 37.3 Å². The van der Waals surface area contributed by atoms with E-state index in [1.807, 2.05) is 4.90 Å². The second kappa shape index (κ2) is 6.04. The number of piperidine rings is 1. The minimum absolute atomic E-state index is 0.142. The van der Waals surface area contributed by atoms with Crippen molar-refractivity contribution in [1.29, 1.82) is 0 Å². The summed E-state index contributed by atoms with van der Waals surface area (Å²) in [6.45, 7) is 3.21. The number of rotatable bonds is 3. The monoisotopic (exact) mass is 286 g/mol. The number of hydrogen-bond acceptors (Lipinski definition) is 2. The van der Waals surface area contributed by atoms with Gasteiger partial charge in [-0.3, -0.25) is 0 Å². The van der Waals surface area contributed by atoms with Crippen molar-refractivity contribution < 1.29 is 13.2 Å². The summed E-state index contributed by atoms with van der Waals surface area (Å²) in [7, 11) is 0. The molecular weight excluding hydrogens is 265 g/mol. The van der Waals surface area contributed by atoms with Crippen molar-refractivity contribution >= 4 is 5.69 Å². The lowest BCUT2D eigenvalue weighted by atomic mass is 10.0. The van der Waals surface area contributed by atoms with Crippen LogP contribution < -0.4 is 10.6 Å². The lowest BCUT2D eigenvalue weighted by Gasteiger charge is -2.31. The fraction of sp³-hybridized carbons (Fsp3) is 0.600. The fourth-order valence-electron chi connectivity index (χ4n) is 2.72. The van der Waals surface area contributed by atoms with Gasteiger partial charge in [0.25, 0.3) is 0 Å². The Morgan fingerprint density at radius 2 is 1.85 bits per heavy atom. The number of nitrogens with two attached hydrogens (primary N) is 1. The van der Waals surface area contributed by atoms with E-state index in [1.54, 1.807) is 19.1 Å². The maximum atomic E-state index is 13.3. The van der Waals surface area contributed by atoms with Crippen LogP contribution in [0.25, 0.3) is 0 Å². The molecule has 1 aromatic carbocycles. The topological polar surface area (TPSA) is 29.3 Å². The molecule has 1 saturated heterocycles. The Bertz CT molecular complexity index is 449. The van der Waals surface area contributed by atoms with Crippen molar-refractivity contribution in [2.24, 2.45) is 5.73 Å². The first-order chi connectivity index (χ1) is 9.38. The molecule has 1 aliphatic rings.